The topological polar surface area (TPSA) is 162 Å². The number of unbranched alkanes of at least 4 members (excludes halogenated alkanes) is 12. The molecule has 0 fully saturated rings. The summed E-state index contributed by atoms with van der Waals surface area (Å²) in [5, 5.41) is 97.3. The van der Waals surface area contributed by atoms with Crippen LogP contribution in [-0.2, 0) is 0 Å². The highest BCUT2D eigenvalue weighted by molar-refractivity contribution is 14.1. The smallest absolute Gasteiger partial charge is 0.136 e. The van der Waals surface area contributed by atoms with Gasteiger partial charge in [-0.15, -0.1) is 0 Å². The van der Waals surface area contributed by atoms with Gasteiger partial charge >= 0.3 is 0 Å². The lowest BCUT2D eigenvalue weighted by atomic mass is 9.76. The molecule has 8 bridgehead atoms. The van der Waals surface area contributed by atoms with Gasteiger partial charge in [0.25, 0.3) is 0 Å². The molecular formula is C52H68I4O8. The molecule has 0 aliphatic heterocycles. The second-order valence-electron chi connectivity index (χ2n) is 17.9. The minimum atomic E-state index is -0.562. The fourth-order valence-electron chi connectivity index (χ4n) is 9.82. The molecule has 0 radical (unpaired) electrons. The molecule has 0 atom stereocenters. The molecule has 0 saturated carbocycles. The Bertz CT molecular complexity index is 1800. The summed E-state index contributed by atoms with van der Waals surface area (Å²) in [7, 11) is 0. The average molecular weight is 1330 g/mol. The first-order valence-corrected chi connectivity index (χ1v) is 27.9. The third kappa shape index (κ3) is 11.7. The zero-order chi connectivity index (χ0) is 46.8. The molecule has 0 aromatic heterocycles. The number of halogens is 4. The molecular weight excluding hydrogens is 1260 g/mol. The molecule has 64 heavy (non-hydrogen) atoms. The lowest BCUT2D eigenvalue weighted by Gasteiger charge is -2.30. The molecule has 8 nitrogen and oxygen atoms in total. The van der Waals surface area contributed by atoms with Crippen LogP contribution in [0.3, 0.4) is 0 Å². The Kier molecular flexibility index (Phi) is 20.8. The van der Waals surface area contributed by atoms with Crippen molar-refractivity contribution in [3.05, 3.63) is 83.1 Å². The fraction of sp³-hybridized carbons (Fsp3) is 0.538. The molecule has 0 saturated heterocycles. The van der Waals surface area contributed by atoms with E-state index in [2.05, 4.69) is 27.7 Å². The second kappa shape index (κ2) is 25.0. The zero-order valence-corrected chi connectivity index (χ0v) is 46.5. The SMILES string of the molecule is CCCCCCC1c2cc(c(O)c(I)c2O)C(CCCCCC)c2cc(c(O)c(I)c2O)C(CCCCCC)c2cc(c(O)c(I)c2O)C(CCCCCC)c2cc1c(O)c(I)c2O. The van der Waals surface area contributed by atoms with Crippen molar-refractivity contribution in [1.82, 2.24) is 0 Å². The van der Waals surface area contributed by atoms with E-state index in [-0.39, 0.29) is 60.3 Å². The molecule has 0 spiro atoms. The summed E-state index contributed by atoms with van der Waals surface area (Å²) in [4.78, 5) is 0. The molecule has 1 aliphatic rings. The van der Waals surface area contributed by atoms with Crippen LogP contribution in [0.15, 0.2) is 24.3 Å². The van der Waals surface area contributed by atoms with Gasteiger partial charge in [0.2, 0.25) is 0 Å². The van der Waals surface area contributed by atoms with Crippen molar-refractivity contribution in [3.63, 3.8) is 0 Å². The number of hydrogen-bond donors (Lipinski definition) is 8. The summed E-state index contributed by atoms with van der Waals surface area (Å²) in [5.41, 5.74) is 4.28. The minimum absolute atomic E-state index is 0.0824. The number of fused-ring (bicyclic) bond motifs is 8. The van der Waals surface area contributed by atoms with Gasteiger partial charge < -0.3 is 40.9 Å². The Morgan fingerprint density at radius 3 is 0.578 bits per heavy atom. The summed E-state index contributed by atoms with van der Waals surface area (Å²) >= 11 is 8.02. The average Bonchev–Trinajstić information content (AvgIpc) is 3.28. The van der Waals surface area contributed by atoms with E-state index in [1.807, 2.05) is 115 Å². The maximum atomic E-state index is 12.2. The Morgan fingerprint density at radius 1 is 0.281 bits per heavy atom. The van der Waals surface area contributed by atoms with E-state index in [0.717, 1.165) is 103 Å². The predicted octanol–water partition coefficient (Wildman–Crippen LogP) is 16.5. The van der Waals surface area contributed by atoms with Gasteiger partial charge in [0.1, 0.15) is 46.0 Å². The van der Waals surface area contributed by atoms with Crippen molar-refractivity contribution in [1.29, 1.82) is 0 Å². The van der Waals surface area contributed by atoms with E-state index in [9.17, 15) is 40.9 Å². The van der Waals surface area contributed by atoms with Gasteiger partial charge in [-0.3, -0.25) is 0 Å². The van der Waals surface area contributed by atoms with Gasteiger partial charge in [-0.1, -0.05) is 130 Å². The first kappa shape index (κ1) is 53.2. The standard InChI is InChI=1S/C52H68I4O8/c1-5-9-13-17-21-29-33-25-35(47(59)41(53)45(33)57)30(22-18-14-10-6-2)37-27-39(51(63)43(55)49(37)61)32(24-20-16-12-8-4)40-28-38(50(62)44(56)52(40)64)31(23-19-15-11-7-3)36-26-34(29)46(58)42(54)48(36)60/h25-32,57-64H,5-24H2,1-4H3. The molecule has 4 aromatic rings. The number of rotatable bonds is 20. The van der Waals surface area contributed by atoms with Crippen LogP contribution in [0, 0.1) is 14.3 Å². The van der Waals surface area contributed by atoms with Crippen LogP contribution in [0.2, 0.25) is 0 Å². The number of phenols is 8. The molecule has 4 aromatic carbocycles. The first-order chi connectivity index (χ1) is 30.7. The van der Waals surface area contributed by atoms with Crippen molar-refractivity contribution >= 4 is 90.4 Å². The summed E-state index contributed by atoms with van der Waals surface area (Å²) in [6.07, 6.45) is 17.3. The second-order valence-corrected chi connectivity index (χ2v) is 22.2. The Morgan fingerprint density at radius 2 is 0.438 bits per heavy atom. The molecule has 5 rings (SSSR count). The Labute approximate surface area is 435 Å². The highest BCUT2D eigenvalue weighted by atomic mass is 127. The van der Waals surface area contributed by atoms with Crippen molar-refractivity contribution in [3.8, 4) is 46.0 Å². The van der Waals surface area contributed by atoms with Crippen LogP contribution in [0.25, 0.3) is 0 Å². The van der Waals surface area contributed by atoms with Gasteiger partial charge in [0, 0.05) is 68.2 Å². The number of phenolic OH excluding ortho intramolecular Hbond substituents is 8. The summed E-state index contributed by atoms with van der Waals surface area (Å²) in [6.45, 7) is 8.61. The lowest BCUT2D eigenvalue weighted by molar-refractivity contribution is 0.412. The van der Waals surface area contributed by atoms with Crippen LogP contribution >= 0.6 is 90.4 Å². The maximum absolute atomic E-state index is 12.2. The number of aromatic hydroxyl groups is 8. The highest BCUT2D eigenvalue weighted by Crippen LogP contribution is 2.56. The van der Waals surface area contributed by atoms with E-state index < -0.39 is 23.7 Å². The largest absolute Gasteiger partial charge is 0.506 e. The molecule has 0 heterocycles. The summed E-state index contributed by atoms with van der Waals surface area (Å²) < 4.78 is 1.08. The van der Waals surface area contributed by atoms with Crippen LogP contribution in [0.1, 0.15) is 224 Å². The maximum Gasteiger partial charge on any atom is 0.136 e. The fourth-order valence-corrected chi connectivity index (χ4v) is 12.3. The lowest BCUT2D eigenvalue weighted by Crippen LogP contribution is -2.13. The molecule has 352 valence electrons. The predicted molar refractivity (Wildman–Crippen MR) is 292 cm³/mol. The minimum Gasteiger partial charge on any atom is -0.506 e. The van der Waals surface area contributed by atoms with Crippen LogP contribution in [0.4, 0.5) is 0 Å². The van der Waals surface area contributed by atoms with E-state index >= 15 is 0 Å². The van der Waals surface area contributed by atoms with E-state index in [4.69, 9.17) is 0 Å². The molecule has 0 amide bonds. The van der Waals surface area contributed by atoms with Crippen LogP contribution in [-0.4, -0.2) is 40.9 Å². The molecule has 0 unspecified atom stereocenters. The van der Waals surface area contributed by atoms with Gasteiger partial charge in [0.15, 0.2) is 0 Å². The third-order valence-electron chi connectivity index (χ3n) is 13.5. The van der Waals surface area contributed by atoms with Crippen molar-refractivity contribution in [2.45, 2.75) is 180 Å². The summed E-state index contributed by atoms with van der Waals surface area (Å²) in [5.74, 6) is -2.91. The zero-order valence-electron chi connectivity index (χ0n) is 37.9. The van der Waals surface area contributed by atoms with Crippen LogP contribution in [0.5, 0.6) is 46.0 Å². The highest BCUT2D eigenvalue weighted by Gasteiger charge is 2.36. The molecule has 8 N–H and O–H groups in total. The van der Waals surface area contributed by atoms with E-state index in [0.29, 0.717) is 70.2 Å². The monoisotopic (exact) mass is 1330 g/mol. The van der Waals surface area contributed by atoms with E-state index in [1.54, 1.807) is 0 Å². The molecule has 12 heteroatoms. The third-order valence-corrected chi connectivity index (χ3v) is 17.6. The van der Waals surface area contributed by atoms with Gasteiger partial charge in [-0.05, 0) is 140 Å². The normalized spacial score (nSPS) is 17.2. The van der Waals surface area contributed by atoms with Gasteiger partial charge in [-0.25, -0.2) is 0 Å². The van der Waals surface area contributed by atoms with Crippen LogP contribution < -0.4 is 0 Å². The number of benzene rings is 4. The van der Waals surface area contributed by atoms with Gasteiger partial charge in [-0.2, -0.15) is 0 Å². The summed E-state index contributed by atoms with van der Waals surface area (Å²) in [6, 6.07) is 7.44. The van der Waals surface area contributed by atoms with Crippen molar-refractivity contribution in [2.24, 2.45) is 0 Å². The first-order valence-electron chi connectivity index (χ1n) is 23.6. The van der Waals surface area contributed by atoms with E-state index in [1.165, 1.54) is 0 Å². The Hall–Kier alpha value is -1.80. The van der Waals surface area contributed by atoms with Crippen molar-refractivity contribution in [2.75, 3.05) is 0 Å². The Balaban J connectivity index is 2.00. The van der Waals surface area contributed by atoms with Crippen molar-refractivity contribution < 1.29 is 40.9 Å². The van der Waals surface area contributed by atoms with Gasteiger partial charge in [0.05, 0.1) is 14.3 Å². The number of hydrogen-bond acceptors (Lipinski definition) is 8. The molecule has 1 aliphatic carbocycles. The quantitative estimate of drug-likeness (QED) is 0.0320.